The zero-order chi connectivity index (χ0) is 21.9. The molecule has 0 fully saturated rings. The molecule has 2 rings (SSSR count). The predicted octanol–water partition coefficient (Wildman–Crippen LogP) is 3.18. The molecular formula is C16H20ClF3N6O3. The first-order chi connectivity index (χ1) is 13.4. The van der Waals surface area contributed by atoms with E-state index >= 15 is 0 Å². The molecule has 29 heavy (non-hydrogen) atoms. The van der Waals surface area contributed by atoms with Crippen molar-refractivity contribution in [3.05, 3.63) is 37.9 Å². The summed E-state index contributed by atoms with van der Waals surface area (Å²) in [5, 5.41) is 20.7. The lowest BCUT2D eigenvalue weighted by atomic mass is 10.3. The Hall–Kier alpha value is -2.63. The minimum Gasteiger partial charge on any atom is -0.356 e. The number of rotatable bonds is 8. The van der Waals surface area contributed by atoms with Crippen molar-refractivity contribution in [2.24, 2.45) is 0 Å². The first-order valence-corrected chi connectivity index (χ1v) is 9.06. The molecule has 1 N–H and O–H groups in total. The van der Waals surface area contributed by atoms with Gasteiger partial charge in [-0.25, -0.2) is 0 Å². The molecule has 160 valence electrons. The molecule has 0 aliphatic carbocycles. The van der Waals surface area contributed by atoms with Crippen LogP contribution in [0.25, 0.3) is 0 Å². The van der Waals surface area contributed by atoms with E-state index in [-0.39, 0.29) is 49.0 Å². The molecule has 0 unspecified atom stereocenters. The molecule has 0 aromatic carbocycles. The third kappa shape index (κ3) is 5.25. The Labute approximate surface area is 169 Å². The first-order valence-electron chi connectivity index (χ1n) is 8.68. The minimum atomic E-state index is -4.63. The Bertz CT molecular complexity index is 922. The molecule has 0 aliphatic rings. The minimum absolute atomic E-state index is 0.0595. The van der Waals surface area contributed by atoms with Crippen LogP contribution in [0.4, 0.5) is 18.9 Å². The Morgan fingerprint density at radius 3 is 2.31 bits per heavy atom. The van der Waals surface area contributed by atoms with Gasteiger partial charge in [-0.2, -0.15) is 23.4 Å². The summed E-state index contributed by atoms with van der Waals surface area (Å²) in [5.41, 5.74) is -0.348. The smallest absolute Gasteiger partial charge is 0.356 e. The summed E-state index contributed by atoms with van der Waals surface area (Å²) in [6.07, 6.45) is -4.21. The maximum absolute atomic E-state index is 12.8. The second-order valence-electron chi connectivity index (χ2n) is 6.42. The largest absolute Gasteiger partial charge is 0.436 e. The van der Waals surface area contributed by atoms with Gasteiger partial charge in [0.25, 0.3) is 0 Å². The molecule has 13 heteroatoms. The zero-order valence-corrected chi connectivity index (χ0v) is 16.8. The molecule has 0 atom stereocenters. The lowest BCUT2D eigenvalue weighted by Crippen LogP contribution is -2.26. The fourth-order valence-corrected chi connectivity index (χ4v) is 3.09. The van der Waals surface area contributed by atoms with Gasteiger partial charge in [-0.1, -0.05) is 11.6 Å². The van der Waals surface area contributed by atoms with E-state index in [4.69, 9.17) is 11.6 Å². The molecule has 2 aromatic rings. The Balaban J connectivity index is 1.82. The molecule has 1 amide bonds. The zero-order valence-electron chi connectivity index (χ0n) is 16.0. The van der Waals surface area contributed by atoms with Crippen LogP contribution in [-0.2, 0) is 24.1 Å². The van der Waals surface area contributed by atoms with Gasteiger partial charge in [0.05, 0.1) is 22.2 Å². The number of nitrogens with one attached hydrogen (secondary N) is 1. The van der Waals surface area contributed by atoms with E-state index in [1.807, 2.05) is 0 Å². The highest BCUT2D eigenvalue weighted by molar-refractivity contribution is 6.31. The van der Waals surface area contributed by atoms with Crippen LogP contribution in [-0.4, -0.2) is 36.9 Å². The molecule has 0 spiro atoms. The maximum atomic E-state index is 12.8. The molecule has 2 aromatic heterocycles. The van der Waals surface area contributed by atoms with Gasteiger partial charge in [-0.3, -0.25) is 24.3 Å². The van der Waals surface area contributed by atoms with Gasteiger partial charge in [0, 0.05) is 19.5 Å². The summed E-state index contributed by atoms with van der Waals surface area (Å²) in [4.78, 5) is 22.4. The summed E-state index contributed by atoms with van der Waals surface area (Å²) in [7, 11) is 0. The number of aryl methyl sites for hydroxylation is 3. The normalized spacial score (nSPS) is 11.7. The number of aromatic nitrogens is 4. The standard InChI is InChI=1S/C16H20ClF3N6O3/c1-9-14(26(28)29)11(3)25(22-9)8-5-12(27)21-6-4-7-24-10(2)13(17)15(23-24)16(18,19)20/h4-8H2,1-3H3,(H,21,27). The fraction of sp³-hybridized carbons (Fsp3) is 0.562. The highest BCUT2D eigenvalue weighted by Gasteiger charge is 2.38. The average molecular weight is 437 g/mol. The lowest BCUT2D eigenvalue weighted by molar-refractivity contribution is -0.386. The van der Waals surface area contributed by atoms with Crippen molar-refractivity contribution in [2.75, 3.05) is 6.54 Å². The number of carbonyl (C=O) groups is 1. The highest BCUT2D eigenvalue weighted by Crippen LogP contribution is 2.35. The molecule has 0 saturated carbocycles. The maximum Gasteiger partial charge on any atom is 0.436 e. The van der Waals surface area contributed by atoms with Crippen LogP contribution in [0.2, 0.25) is 5.02 Å². The van der Waals surface area contributed by atoms with Gasteiger partial charge < -0.3 is 5.32 Å². The number of nitrogens with zero attached hydrogens (tertiary/aromatic N) is 5. The van der Waals surface area contributed by atoms with E-state index < -0.39 is 21.8 Å². The summed E-state index contributed by atoms with van der Waals surface area (Å²) in [6.45, 7) is 5.09. The van der Waals surface area contributed by atoms with Gasteiger partial charge in [0.1, 0.15) is 11.4 Å². The van der Waals surface area contributed by atoms with Crippen LogP contribution in [0.15, 0.2) is 0 Å². The molecule has 0 radical (unpaired) electrons. The molecule has 9 nitrogen and oxygen atoms in total. The average Bonchev–Trinajstić information content (AvgIpc) is 3.06. The first kappa shape index (κ1) is 22.7. The molecule has 0 saturated heterocycles. The summed E-state index contributed by atoms with van der Waals surface area (Å²) < 4.78 is 41.0. The number of nitro groups is 1. The SMILES string of the molecule is Cc1nn(CCC(=O)NCCCn2nc(C(F)(F)F)c(Cl)c2C)c(C)c1[N+](=O)[O-]. The monoisotopic (exact) mass is 436 g/mol. The van der Waals surface area contributed by atoms with Crippen molar-refractivity contribution in [2.45, 2.75) is 52.9 Å². The summed E-state index contributed by atoms with van der Waals surface area (Å²) in [5.74, 6) is -0.300. The number of hydrogen-bond donors (Lipinski definition) is 1. The molecule has 0 bridgehead atoms. The fourth-order valence-electron chi connectivity index (χ4n) is 2.84. The van der Waals surface area contributed by atoms with Crippen LogP contribution in [0.5, 0.6) is 0 Å². The Morgan fingerprint density at radius 2 is 1.79 bits per heavy atom. The van der Waals surface area contributed by atoms with E-state index in [1.165, 1.54) is 18.5 Å². The number of carbonyl (C=O) groups excluding carboxylic acids is 1. The third-order valence-electron chi connectivity index (χ3n) is 4.35. The van der Waals surface area contributed by atoms with Crippen molar-refractivity contribution >= 4 is 23.2 Å². The number of hydrogen-bond acceptors (Lipinski definition) is 5. The van der Waals surface area contributed by atoms with E-state index in [2.05, 4.69) is 15.5 Å². The van der Waals surface area contributed by atoms with Crippen molar-refractivity contribution in [3.8, 4) is 0 Å². The quantitative estimate of drug-likeness (QED) is 0.388. The van der Waals surface area contributed by atoms with Crippen molar-refractivity contribution < 1.29 is 22.9 Å². The number of amides is 1. The Kier molecular flexibility index (Phi) is 6.88. The number of halogens is 4. The predicted molar refractivity (Wildman–Crippen MR) is 97.6 cm³/mol. The lowest BCUT2D eigenvalue weighted by Gasteiger charge is -2.07. The highest BCUT2D eigenvalue weighted by atomic mass is 35.5. The van der Waals surface area contributed by atoms with Gasteiger partial charge in [0.15, 0.2) is 5.69 Å². The van der Waals surface area contributed by atoms with Gasteiger partial charge in [-0.05, 0) is 27.2 Å². The summed E-state index contributed by atoms with van der Waals surface area (Å²) in [6, 6.07) is 0. The van der Waals surface area contributed by atoms with E-state index in [1.54, 1.807) is 6.92 Å². The second-order valence-corrected chi connectivity index (χ2v) is 6.80. The van der Waals surface area contributed by atoms with Crippen LogP contribution in [0, 0.1) is 30.9 Å². The van der Waals surface area contributed by atoms with E-state index in [0.29, 0.717) is 12.1 Å². The van der Waals surface area contributed by atoms with Gasteiger partial charge in [-0.15, -0.1) is 0 Å². The number of alkyl halides is 3. The second kappa shape index (κ2) is 8.80. The van der Waals surface area contributed by atoms with Gasteiger partial charge >= 0.3 is 11.9 Å². The van der Waals surface area contributed by atoms with E-state index in [9.17, 15) is 28.1 Å². The summed E-state index contributed by atoms with van der Waals surface area (Å²) >= 11 is 5.68. The van der Waals surface area contributed by atoms with Crippen molar-refractivity contribution in [1.29, 1.82) is 0 Å². The van der Waals surface area contributed by atoms with Gasteiger partial charge in [0.2, 0.25) is 5.91 Å². The molecule has 2 heterocycles. The molecule has 0 aliphatic heterocycles. The Morgan fingerprint density at radius 1 is 1.17 bits per heavy atom. The van der Waals surface area contributed by atoms with Crippen LogP contribution >= 0.6 is 11.6 Å². The molecular weight excluding hydrogens is 417 g/mol. The van der Waals surface area contributed by atoms with Crippen molar-refractivity contribution in [1.82, 2.24) is 24.9 Å². The topological polar surface area (TPSA) is 108 Å². The van der Waals surface area contributed by atoms with Crippen LogP contribution < -0.4 is 5.32 Å². The van der Waals surface area contributed by atoms with Crippen molar-refractivity contribution in [3.63, 3.8) is 0 Å². The van der Waals surface area contributed by atoms with E-state index in [0.717, 1.165) is 4.68 Å². The van der Waals surface area contributed by atoms with Crippen LogP contribution in [0.3, 0.4) is 0 Å². The third-order valence-corrected chi connectivity index (χ3v) is 4.80. The van der Waals surface area contributed by atoms with Crippen LogP contribution in [0.1, 0.15) is 35.6 Å².